The van der Waals surface area contributed by atoms with Crippen molar-refractivity contribution in [1.29, 1.82) is 0 Å². The number of fused-ring (bicyclic) bond motifs is 3. The third kappa shape index (κ3) is 5.58. The number of piperidine rings is 1. The summed E-state index contributed by atoms with van der Waals surface area (Å²) in [5.74, 6) is -6.51. The molecule has 3 N–H and O–H groups in total. The maximum Gasteiger partial charge on any atom is 0.287 e. The Morgan fingerprint density at radius 2 is 1.70 bits per heavy atom. The van der Waals surface area contributed by atoms with Gasteiger partial charge in [-0.25, -0.2) is 17.2 Å². The van der Waals surface area contributed by atoms with E-state index in [-0.39, 0.29) is 46.6 Å². The van der Waals surface area contributed by atoms with Crippen LogP contribution >= 0.6 is 11.6 Å². The zero-order valence-corrected chi connectivity index (χ0v) is 25.9. The van der Waals surface area contributed by atoms with Gasteiger partial charge >= 0.3 is 0 Å². The Kier molecular flexibility index (Phi) is 8.38. The Bertz CT molecular complexity index is 1650. The number of ether oxygens (including phenoxy) is 1. The number of nitrogens with zero attached hydrogens (tertiary/aromatic N) is 1. The molecule has 3 aromatic carbocycles. The summed E-state index contributed by atoms with van der Waals surface area (Å²) in [6.07, 6.45) is 3.51. The second-order valence-corrected chi connectivity index (χ2v) is 14.3. The van der Waals surface area contributed by atoms with Gasteiger partial charge in [-0.05, 0) is 73.6 Å². The summed E-state index contributed by atoms with van der Waals surface area (Å²) >= 11 is 6.16. The van der Waals surface area contributed by atoms with Gasteiger partial charge in [-0.15, -0.1) is 0 Å². The number of sulfonamides is 1. The first kappa shape index (κ1) is 31.2. The van der Waals surface area contributed by atoms with Crippen molar-refractivity contribution < 1.29 is 31.6 Å². The molecule has 3 aliphatic rings. The van der Waals surface area contributed by atoms with Crippen LogP contribution in [0, 0.1) is 5.92 Å². The summed E-state index contributed by atoms with van der Waals surface area (Å²) in [5, 5.41) is 1.69. The van der Waals surface area contributed by atoms with Crippen LogP contribution in [0.1, 0.15) is 56.9 Å². The first-order valence-electron chi connectivity index (χ1n) is 14.9. The van der Waals surface area contributed by atoms with E-state index in [4.69, 9.17) is 26.9 Å². The number of rotatable bonds is 9. The van der Waals surface area contributed by atoms with Crippen LogP contribution in [0.5, 0.6) is 5.75 Å². The second-order valence-electron chi connectivity index (χ2n) is 12.2. The topological polar surface area (TPSA) is 111 Å². The van der Waals surface area contributed by atoms with Gasteiger partial charge < -0.3 is 15.4 Å². The number of nitrogens with one attached hydrogen (secondary N) is 1. The predicted octanol–water partition coefficient (Wildman–Crippen LogP) is 5.91. The van der Waals surface area contributed by atoms with Gasteiger partial charge in [0.2, 0.25) is 5.91 Å². The third-order valence-corrected chi connectivity index (χ3v) is 11.0. The van der Waals surface area contributed by atoms with Crippen LogP contribution in [0.2, 0.25) is 5.02 Å². The molecule has 0 spiro atoms. The van der Waals surface area contributed by atoms with E-state index in [1.54, 1.807) is 23.1 Å². The molecule has 6 rings (SSSR count). The van der Waals surface area contributed by atoms with E-state index in [2.05, 4.69) is 4.89 Å². The number of carbonyl (C=O) groups excluding carboxylic acids is 1. The van der Waals surface area contributed by atoms with Crippen molar-refractivity contribution in [3.05, 3.63) is 71.2 Å². The SMILES string of the molecule is COc1cc(C(F)(F)[C@H](C(=O)N2[C@H]3CC[C@H]2CC(N)C3)C2(ONS(=O)(=O)c3ccc4ccccc4c3)CCCC2)ccc1Cl. The van der Waals surface area contributed by atoms with Gasteiger partial charge in [-0.2, -0.15) is 0 Å². The zero-order chi connectivity index (χ0) is 31.3. The minimum atomic E-state index is -4.30. The monoisotopic (exact) mass is 647 g/mol. The smallest absolute Gasteiger partial charge is 0.287 e. The van der Waals surface area contributed by atoms with E-state index >= 15 is 8.78 Å². The second kappa shape index (κ2) is 11.8. The molecule has 2 heterocycles. The van der Waals surface area contributed by atoms with Gasteiger partial charge in [0.1, 0.15) is 17.3 Å². The van der Waals surface area contributed by atoms with Crippen LogP contribution in [0.25, 0.3) is 10.8 Å². The summed E-state index contributed by atoms with van der Waals surface area (Å²) in [7, 11) is -2.98. The zero-order valence-electron chi connectivity index (χ0n) is 24.3. The number of halogens is 3. The molecule has 3 atom stereocenters. The molecule has 2 bridgehead atoms. The van der Waals surface area contributed by atoms with Crippen LogP contribution in [0.3, 0.4) is 0 Å². The van der Waals surface area contributed by atoms with E-state index in [1.165, 1.54) is 31.4 Å². The molecule has 2 saturated heterocycles. The van der Waals surface area contributed by atoms with E-state index in [1.807, 2.05) is 12.1 Å². The van der Waals surface area contributed by atoms with E-state index < -0.39 is 38.9 Å². The van der Waals surface area contributed by atoms with Crippen molar-refractivity contribution in [3.8, 4) is 5.75 Å². The number of carbonyl (C=O) groups is 1. The first-order valence-corrected chi connectivity index (χ1v) is 16.8. The number of benzene rings is 3. The molecular weight excluding hydrogens is 612 g/mol. The molecule has 0 radical (unpaired) electrons. The quantitative estimate of drug-likeness (QED) is 0.279. The van der Waals surface area contributed by atoms with Crippen molar-refractivity contribution in [2.24, 2.45) is 11.7 Å². The van der Waals surface area contributed by atoms with E-state index in [0.717, 1.165) is 11.5 Å². The lowest BCUT2D eigenvalue weighted by atomic mass is 9.76. The number of hydrogen-bond acceptors (Lipinski definition) is 6. The van der Waals surface area contributed by atoms with Crippen molar-refractivity contribution in [1.82, 2.24) is 9.79 Å². The van der Waals surface area contributed by atoms with Gasteiger partial charge in [0.05, 0.1) is 17.0 Å². The Morgan fingerprint density at radius 1 is 1.05 bits per heavy atom. The van der Waals surface area contributed by atoms with Crippen LogP contribution in [0.15, 0.2) is 65.6 Å². The number of amides is 1. The Morgan fingerprint density at radius 3 is 2.36 bits per heavy atom. The molecule has 0 aromatic heterocycles. The third-order valence-electron chi connectivity index (χ3n) is 9.53. The molecular formula is C32H36ClF2N3O5S. The number of methoxy groups -OCH3 is 1. The minimum Gasteiger partial charge on any atom is -0.495 e. The summed E-state index contributed by atoms with van der Waals surface area (Å²) in [6.45, 7) is 0. The van der Waals surface area contributed by atoms with Crippen LogP contribution in [0.4, 0.5) is 8.78 Å². The molecule has 44 heavy (non-hydrogen) atoms. The summed E-state index contributed by atoms with van der Waals surface area (Å²) in [6, 6.07) is 14.8. The molecule has 1 saturated carbocycles. The molecule has 3 fully saturated rings. The average Bonchev–Trinajstić information content (AvgIpc) is 3.58. The molecule has 8 nitrogen and oxygen atoms in total. The number of nitrogens with two attached hydrogens (primary N) is 1. The van der Waals surface area contributed by atoms with Crippen molar-refractivity contribution in [2.75, 3.05) is 7.11 Å². The fraction of sp³-hybridized carbons (Fsp3) is 0.469. The molecule has 12 heteroatoms. The number of hydrogen-bond donors (Lipinski definition) is 2. The molecule has 3 aromatic rings. The lowest BCUT2D eigenvalue weighted by Gasteiger charge is -2.45. The Hall–Kier alpha value is -2.83. The maximum atomic E-state index is 17.0. The predicted molar refractivity (Wildman–Crippen MR) is 163 cm³/mol. The summed E-state index contributed by atoms with van der Waals surface area (Å²) < 4.78 is 66.2. The molecule has 1 aliphatic carbocycles. The summed E-state index contributed by atoms with van der Waals surface area (Å²) in [4.78, 5) is 24.1. The van der Waals surface area contributed by atoms with Crippen molar-refractivity contribution in [3.63, 3.8) is 0 Å². The van der Waals surface area contributed by atoms with Crippen molar-refractivity contribution >= 4 is 38.3 Å². The van der Waals surface area contributed by atoms with Gasteiger partial charge in [0.25, 0.3) is 15.9 Å². The van der Waals surface area contributed by atoms with E-state index in [0.29, 0.717) is 43.9 Å². The lowest BCUT2D eigenvalue weighted by Crippen LogP contribution is -2.60. The number of alkyl halides is 2. The molecule has 2 aliphatic heterocycles. The lowest BCUT2D eigenvalue weighted by molar-refractivity contribution is -0.205. The van der Waals surface area contributed by atoms with Crippen LogP contribution in [-0.2, 0) is 25.6 Å². The highest BCUT2D eigenvalue weighted by molar-refractivity contribution is 7.89. The fourth-order valence-electron chi connectivity index (χ4n) is 7.42. The first-order chi connectivity index (χ1) is 20.9. The van der Waals surface area contributed by atoms with Gasteiger partial charge in [0, 0.05) is 23.7 Å². The maximum absolute atomic E-state index is 17.0. The Labute approximate surface area is 260 Å². The fourth-order valence-corrected chi connectivity index (χ4v) is 8.51. The molecule has 236 valence electrons. The standard InChI is InChI=1S/C32H36ClF2N3O5S/c1-42-28-17-22(9-13-27(28)33)32(34,35)29(30(39)38-24-10-11-25(38)19-23(36)18-24)31(14-4-5-15-31)43-37-44(40,41)26-12-8-20-6-2-3-7-21(20)16-26/h2-3,6-9,12-13,16-17,23-25,29,37H,4-5,10-11,14-15,18-19,36H2,1H3/t24-,25-,29+/m0/s1. The molecule has 1 amide bonds. The van der Waals surface area contributed by atoms with Gasteiger partial charge in [-0.1, -0.05) is 65.7 Å². The average molecular weight is 648 g/mol. The van der Waals surface area contributed by atoms with Gasteiger partial charge in [0.15, 0.2) is 0 Å². The van der Waals surface area contributed by atoms with Crippen LogP contribution < -0.4 is 15.4 Å². The largest absolute Gasteiger partial charge is 0.495 e. The normalized spacial score (nSPS) is 24.0. The Balaban J connectivity index is 1.40. The highest BCUT2D eigenvalue weighted by atomic mass is 35.5. The van der Waals surface area contributed by atoms with Gasteiger partial charge in [-0.3, -0.25) is 9.63 Å². The molecule has 0 unspecified atom stereocenters. The highest BCUT2D eigenvalue weighted by Gasteiger charge is 2.62. The van der Waals surface area contributed by atoms with Crippen LogP contribution in [-0.4, -0.2) is 50.1 Å². The highest BCUT2D eigenvalue weighted by Crippen LogP contribution is 2.53. The minimum absolute atomic E-state index is 0.0393. The summed E-state index contributed by atoms with van der Waals surface area (Å²) in [5.41, 5.74) is 3.95. The van der Waals surface area contributed by atoms with Crippen molar-refractivity contribution in [2.45, 2.75) is 85.9 Å². The van der Waals surface area contributed by atoms with E-state index in [9.17, 15) is 13.2 Å².